The van der Waals surface area contributed by atoms with Crippen LogP contribution < -0.4 is 10.2 Å². The molecule has 2 aromatic heterocycles. The summed E-state index contributed by atoms with van der Waals surface area (Å²) in [4.78, 5) is 27.3. The van der Waals surface area contributed by atoms with Crippen LogP contribution in [0.1, 0.15) is 68.6 Å². The minimum atomic E-state index is -1.90. The summed E-state index contributed by atoms with van der Waals surface area (Å²) in [6.45, 7) is 1.38. The van der Waals surface area contributed by atoms with Crippen molar-refractivity contribution >= 4 is 27.7 Å². The number of aromatic hydroxyl groups is 3. The fourth-order valence-electron chi connectivity index (χ4n) is 5.74. The summed E-state index contributed by atoms with van der Waals surface area (Å²) in [7, 11) is 0. The smallest absolute Gasteiger partial charge is 0.239 e. The van der Waals surface area contributed by atoms with E-state index in [-0.39, 0.29) is 51.4 Å². The number of fused-ring (bicyclic) bond motifs is 2. The van der Waals surface area contributed by atoms with E-state index in [9.17, 15) is 45.3 Å². The molecule has 13 nitrogen and oxygen atoms in total. The summed E-state index contributed by atoms with van der Waals surface area (Å²) in [5.41, 5.74) is -1.18. The molecule has 0 radical (unpaired) electrons. The number of aliphatic hydroxyl groups excluding tert-OH is 4. The Hall–Kier alpha value is -4.14. The summed E-state index contributed by atoms with van der Waals surface area (Å²) in [5, 5.41) is 71.8. The zero-order valence-electron chi connectivity index (χ0n) is 25.2. The standard InChI is InChI=1S/C33H38O13/c1-2-3-4-5-6-7-8-9-19(36)18-15-43-31-20(37)11-10-17(24(18)31)30-32(27(40)25-21(38)12-16(35)13-22(25)44-30)46-33-29(42)28(41)26(39)23(14-34)45-33/h10-13,15,23,26,28-29,33-35,37-39,41-42H,2-9,14H2,1H3/t23-,26+,28+,29-,33+/m1/s1. The fourth-order valence-corrected chi connectivity index (χ4v) is 5.74. The van der Waals surface area contributed by atoms with E-state index in [1.54, 1.807) is 0 Å². The van der Waals surface area contributed by atoms with Crippen LogP contribution in [-0.4, -0.2) is 78.8 Å². The summed E-state index contributed by atoms with van der Waals surface area (Å²) >= 11 is 0. The van der Waals surface area contributed by atoms with Crippen LogP contribution in [-0.2, 0) is 4.74 Å². The molecule has 0 amide bonds. The van der Waals surface area contributed by atoms with Gasteiger partial charge >= 0.3 is 0 Å². The number of phenols is 3. The number of carbonyl (C=O) groups is 1. The zero-order valence-corrected chi connectivity index (χ0v) is 25.2. The van der Waals surface area contributed by atoms with Crippen molar-refractivity contribution in [2.45, 2.75) is 89.0 Å². The topological polar surface area (TPSA) is 220 Å². The lowest BCUT2D eigenvalue weighted by Gasteiger charge is -2.39. The van der Waals surface area contributed by atoms with E-state index in [2.05, 4.69) is 6.92 Å². The molecule has 7 N–H and O–H groups in total. The second-order valence-corrected chi connectivity index (χ2v) is 11.5. The van der Waals surface area contributed by atoms with E-state index in [0.29, 0.717) is 6.42 Å². The Morgan fingerprint density at radius 3 is 2.33 bits per heavy atom. The molecular weight excluding hydrogens is 604 g/mol. The van der Waals surface area contributed by atoms with E-state index in [1.165, 1.54) is 24.8 Å². The van der Waals surface area contributed by atoms with E-state index in [0.717, 1.165) is 44.2 Å². The highest BCUT2D eigenvalue weighted by Crippen LogP contribution is 2.43. The lowest BCUT2D eigenvalue weighted by Crippen LogP contribution is -2.60. The van der Waals surface area contributed by atoms with Crippen LogP contribution in [0, 0.1) is 0 Å². The number of aliphatic hydroxyl groups is 4. The molecule has 5 rings (SSSR count). The monoisotopic (exact) mass is 642 g/mol. The molecule has 1 saturated heterocycles. The molecular formula is C33H38O13. The molecule has 5 atom stereocenters. The molecule has 0 spiro atoms. The first kappa shape index (κ1) is 33.2. The molecule has 4 aromatic rings. The molecule has 248 valence electrons. The van der Waals surface area contributed by atoms with Gasteiger partial charge in [-0.2, -0.15) is 0 Å². The molecule has 3 heterocycles. The third-order valence-corrected chi connectivity index (χ3v) is 8.25. The number of rotatable bonds is 13. The van der Waals surface area contributed by atoms with Crippen molar-refractivity contribution in [3.8, 4) is 34.3 Å². The van der Waals surface area contributed by atoms with Gasteiger partial charge in [-0.05, 0) is 18.6 Å². The predicted octanol–water partition coefficient (Wildman–Crippen LogP) is 3.83. The van der Waals surface area contributed by atoms with Gasteiger partial charge in [-0.25, -0.2) is 0 Å². The third kappa shape index (κ3) is 6.42. The molecule has 0 saturated carbocycles. The van der Waals surface area contributed by atoms with Crippen LogP contribution in [0.25, 0.3) is 33.3 Å². The van der Waals surface area contributed by atoms with Crippen LogP contribution in [0.15, 0.2) is 44.2 Å². The lowest BCUT2D eigenvalue weighted by atomic mass is 9.97. The number of Topliss-reactive ketones (excluding diaryl/α,β-unsaturated/α-hetero) is 1. The number of hydrogen-bond donors (Lipinski definition) is 7. The molecule has 0 unspecified atom stereocenters. The lowest BCUT2D eigenvalue weighted by molar-refractivity contribution is -0.277. The molecule has 46 heavy (non-hydrogen) atoms. The van der Waals surface area contributed by atoms with Gasteiger partial charge in [0.25, 0.3) is 0 Å². The number of benzene rings is 2. The first-order chi connectivity index (χ1) is 22.1. The van der Waals surface area contributed by atoms with Crippen LogP contribution in [0.4, 0.5) is 0 Å². The van der Waals surface area contributed by atoms with Gasteiger partial charge in [-0.1, -0.05) is 45.4 Å². The quantitative estimate of drug-likeness (QED) is 0.0815. The van der Waals surface area contributed by atoms with E-state index in [1.807, 2.05) is 0 Å². The molecule has 0 aliphatic carbocycles. The Labute approximate surface area is 262 Å². The van der Waals surface area contributed by atoms with Gasteiger partial charge in [0.15, 0.2) is 22.9 Å². The SMILES string of the molecule is CCCCCCCCCC(=O)c1coc2c(O)ccc(-c3oc4cc(O)cc(O)c4c(=O)c3O[C@@H]3O[C@H](CO)[C@H](O)[C@H](O)[C@H]3O)c12. The largest absolute Gasteiger partial charge is 0.508 e. The average molecular weight is 643 g/mol. The van der Waals surface area contributed by atoms with Gasteiger partial charge in [-0.15, -0.1) is 0 Å². The van der Waals surface area contributed by atoms with Gasteiger partial charge in [-0.3, -0.25) is 9.59 Å². The Bertz CT molecular complexity index is 1750. The van der Waals surface area contributed by atoms with Crippen molar-refractivity contribution in [3.63, 3.8) is 0 Å². The van der Waals surface area contributed by atoms with Crippen molar-refractivity contribution in [1.82, 2.24) is 0 Å². The highest BCUT2D eigenvalue weighted by molar-refractivity contribution is 6.13. The number of hydrogen-bond acceptors (Lipinski definition) is 13. The Morgan fingerprint density at radius 2 is 1.61 bits per heavy atom. The number of phenolic OH excluding ortho intramolecular Hbond substituents is 3. The summed E-state index contributed by atoms with van der Waals surface area (Å²) in [6, 6.07) is 4.58. The minimum absolute atomic E-state index is 0.0471. The first-order valence-electron chi connectivity index (χ1n) is 15.3. The average Bonchev–Trinajstić information content (AvgIpc) is 3.48. The third-order valence-electron chi connectivity index (χ3n) is 8.25. The zero-order chi connectivity index (χ0) is 33.1. The molecule has 1 aliphatic heterocycles. The van der Waals surface area contributed by atoms with Crippen molar-refractivity contribution in [2.24, 2.45) is 0 Å². The van der Waals surface area contributed by atoms with Gasteiger partial charge in [0.2, 0.25) is 17.5 Å². The van der Waals surface area contributed by atoms with Gasteiger partial charge < -0.3 is 54.1 Å². The Kier molecular flexibility index (Phi) is 10.2. The second-order valence-electron chi connectivity index (χ2n) is 11.5. The van der Waals surface area contributed by atoms with Crippen molar-refractivity contribution < 1.29 is 58.8 Å². The summed E-state index contributed by atoms with van der Waals surface area (Å²) in [5.74, 6) is -2.66. The van der Waals surface area contributed by atoms with Gasteiger partial charge in [0.1, 0.15) is 53.1 Å². The van der Waals surface area contributed by atoms with Crippen LogP contribution in [0.3, 0.4) is 0 Å². The highest BCUT2D eigenvalue weighted by atomic mass is 16.7. The maximum Gasteiger partial charge on any atom is 0.239 e. The maximum atomic E-state index is 13.9. The molecule has 13 heteroatoms. The minimum Gasteiger partial charge on any atom is -0.508 e. The Morgan fingerprint density at radius 1 is 0.891 bits per heavy atom. The van der Waals surface area contributed by atoms with Crippen molar-refractivity contribution in [3.05, 3.63) is 46.3 Å². The first-order valence-corrected chi connectivity index (χ1v) is 15.3. The molecule has 1 aliphatic rings. The maximum absolute atomic E-state index is 13.9. The van der Waals surface area contributed by atoms with E-state index >= 15 is 0 Å². The summed E-state index contributed by atoms with van der Waals surface area (Å²) in [6.07, 6.45) is -0.233. The summed E-state index contributed by atoms with van der Waals surface area (Å²) < 4.78 is 22.9. The molecule has 2 aromatic carbocycles. The number of carbonyl (C=O) groups excluding carboxylic acids is 1. The Balaban J connectivity index is 1.61. The predicted molar refractivity (Wildman–Crippen MR) is 164 cm³/mol. The molecule has 1 fully saturated rings. The van der Waals surface area contributed by atoms with Crippen molar-refractivity contribution in [2.75, 3.05) is 6.61 Å². The second kappa shape index (κ2) is 14.1. The van der Waals surface area contributed by atoms with Gasteiger partial charge in [0.05, 0.1) is 12.2 Å². The highest BCUT2D eigenvalue weighted by Gasteiger charge is 2.45. The van der Waals surface area contributed by atoms with Crippen LogP contribution in [0.5, 0.6) is 23.0 Å². The number of ketones is 1. The van der Waals surface area contributed by atoms with E-state index in [4.69, 9.17) is 18.3 Å². The normalized spacial score (nSPS) is 21.6. The van der Waals surface area contributed by atoms with Crippen molar-refractivity contribution in [1.29, 1.82) is 0 Å². The number of ether oxygens (including phenoxy) is 2. The van der Waals surface area contributed by atoms with E-state index < -0.39 is 65.4 Å². The van der Waals surface area contributed by atoms with Crippen LogP contribution >= 0.6 is 0 Å². The van der Waals surface area contributed by atoms with Crippen LogP contribution in [0.2, 0.25) is 0 Å². The van der Waals surface area contributed by atoms with Gasteiger partial charge in [0, 0.05) is 29.5 Å². The molecule has 0 bridgehead atoms. The fraction of sp³-hybridized carbons (Fsp3) is 0.455. The number of unbranched alkanes of at least 4 members (excludes halogenated alkanes) is 6. The number of furan rings is 1.